The molecule has 0 aliphatic carbocycles. The van der Waals surface area contributed by atoms with Crippen molar-refractivity contribution in [3.63, 3.8) is 0 Å². The van der Waals surface area contributed by atoms with Gasteiger partial charge in [-0.1, -0.05) is 48.5 Å². The van der Waals surface area contributed by atoms with E-state index in [9.17, 15) is 16.8 Å². The molecule has 0 spiro atoms. The summed E-state index contributed by atoms with van der Waals surface area (Å²) in [6.07, 6.45) is 0. The number of hydrogen-bond acceptors (Lipinski definition) is 4. The van der Waals surface area contributed by atoms with Crippen LogP contribution in [0.5, 0.6) is 0 Å². The summed E-state index contributed by atoms with van der Waals surface area (Å²) in [5.41, 5.74) is 1.06. The van der Waals surface area contributed by atoms with Crippen LogP contribution in [0.4, 0.5) is 0 Å². The average Bonchev–Trinajstić information content (AvgIpc) is 2.73. The summed E-state index contributed by atoms with van der Waals surface area (Å²) in [6, 6.07) is 15.2. The van der Waals surface area contributed by atoms with E-state index in [-0.39, 0.29) is 16.4 Å². The van der Waals surface area contributed by atoms with Crippen molar-refractivity contribution in [1.29, 1.82) is 0 Å². The standard InChI is InChI=1S/C15H14O4S2/c16-20(17,10-12-6-2-1-3-7-12)15-11-21(18,19)14-9-5-4-8-13(14)15/h1-9,15H,10-11H2. The highest BCUT2D eigenvalue weighted by Crippen LogP contribution is 2.39. The van der Waals surface area contributed by atoms with Gasteiger partial charge in [0.2, 0.25) is 0 Å². The first-order chi connectivity index (χ1) is 9.90. The van der Waals surface area contributed by atoms with Crippen molar-refractivity contribution in [2.75, 3.05) is 5.75 Å². The van der Waals surface area contributed by atoms with Gasteiger partial charge in [0.25, 0.3) is 0 Å². The Balaban J connectivity index is 2.02. The monoisotopic (exact) mass is 322 g/mol. The van der Waals surface area contributed by atoms with Crippen LogP contribution in [-0.4, -0.2) is 22.6 Å². The number of rotatable bonds is 3. The van der Waals surface area contributed by atoms with Gasteiger partial charge < -0.3 is 0 Å². The quantitative estimate of drug-likeness (QED) is 0.868. The fourth-order valence-electron chi connectivity index (χ4n) is 2.61. The largest absolute Gasteiger partial charge is 0.228 e. The highest BCUT2D eigenvalue weighted by molar-refractivity contribution is 7.95. The zero-order valence-corrected chi connectivity index (χ0v) is 12.8. The molecule has 3 rings (SSSR count). The molecule has 2 aromatic rings. The van der Waals surface area contributed by atoms with Crippen LogP contribution in [-0.2, 0) is 25.4 Å². The molecule has 6 heteroatoms. The number of sulfone groups is 2. The Morgan fingerprint density at radius 1 is 0.952 bits per heavy atom. The summed E-state index contributed by atoms with van der Waals surface area (Å²) < 4.78 is 49.4. The van der Waals surface area contributed by atoms with Gasteiger partial charge in [-0.3, -0.25) is 0 Å². The van der Waals surface area contributed by atoms with Gasteiger partial charge in [0.15, 0.2) is 19.7 Å². The molecule has 0 saturated heterocycles. The highest BCUT2D eigenvalue weighted by Gasteiger charge is 2.41. The first-order valence-corrected chi connectivity index (χ1v) is 9.84. The van der Waals surface area contributed by atoms with Crippen molar-refractivity contribution in [2.24, 2.45) is 0 Å². The maximum atomic E-state index is 12.6. The average molecular weight is 322 g/mol. The van der Waals surface area contributed by atoms with Crippen molar-refractivity contribution >= 4 is 19.7 Å². The fourth-order valence-corrected chi connectivity index (χ4v) is 7.12. The van der Waals surface area contributed by atoms with E-state index in [0.29, 0.717) is 11.1 Å². The number of fused-ring (bicyclic) bond motifs is 1. The lowest BCUT2D eigenvalue weighted by atomic mass is 10.2. The molecular weight excluding hydrogens is 308 g/mol. The van der Waals surface area contributed by atoms with Crippen LogP contribution in [0.15, 0.2) is 59.5 Å². The Morgan fingerprint density at radius 2 is 1.57 bits per heavy atom. The van der Waals surface area contributed by atoms with E-state index < -0.39 is 24.9 Å². The zero-order valence-electron chi connectivity index (χ0n) is 11.1. The minimum atomic E-state index is -3.58. The highest BCUT2D eigenvalue weighted by atomic mass is 32.2. The van der Waals surface area contributed by atoms with Crippen LogP contribution >= 0.6 is 0 Å². The first kappa shape index (κ1) is 14.3. The normalized spacial score (nSPS) is 20.1. The number of benzene rings is 2. The topological polar surface area (TPSA) is 68.3 Å². The smallest absolute Gasteiger partial charge is 0.180 e. The third kappa shape index (κ3) is 2.61. The summed E-state index contributed by atoms with van der Waals surface area (Å²) in [5, 5.41) is -0.973. The van der Waals surface area contributed by atoms with Gasteiger partial charge >= 0.3 is 0 Å². The molecule has 0 amide bonds. The van der Waals surface area contributed by atoms with E-state index in [1.54, 1.807) is 42.5 Å². The molecule has 2 aromatic carbocycles. The lowest BCUT2D eigenvalue weighted by Gasteiger charge is -2.11. The molecule has 0 bridgehead atoms. The maximum Gasteiger partial charge on any atom is 0.180 e. The molecule has 0 saturated carbocycles. The molecule has 0 fully saturated rings. The van der Waals surface area contributed by atoms with Gasteiger partial charge in [0.1, 0.15) is 5.25 Å². The third-order valence-corrected chi connectivity index (χ3v) is 7.66. The van der Waals surface area contributed by atoms with E-state index in [0.717, 1.165) is 0 Å². The molecule has 4 nitrogen and oxygen atoms in total. The van der Waals surface area contributed by atoms with Crippen LogP contribution in [0.2, 0.25) is 0 Å². The zero-order chi connectivity index (χ0) is 15.1. The summed E-state index contributed by atoms with van der Waals surface area (Å²) in [6.45, 7) is 0. The van der Waals surface area contributed by atoms with Crippen LogP contribution in [0.3, 0.4) is 0 Å². The predicted molar refractivity (Wildman–Crippen MR) is 80.3 cm³/mol. The van der Waals surface area contributed by atoms with Crippen molar-refractivity contribution in [1.82, 2.24) is 0 Å². The van der Waals surface area contributed by atoms with Crippen LogP contribution in [0.25, 0.3) is 0 Å². The summed E-state index contributed by atoms with van der Waals surface area (Å²) in [7, 11) is -7.09. The first-order valence-electron chi connectivity index (χ1n) is 6.47. The lowest BCUT2D eigenvalue weighted by Crippen LogP contribution is -2.17. The molecule has 0 N–H and O–H groups in total. The molecule has 1 heterocycles. The van der Waals surface area contributed by atoms with Gasteiger partial charge in [0.05, 0.1) is 16.4 Å². The van der Waals surface area contributed by atoms with E-state index in [2.05, 4.69) is 0 Å². The Labute approximate surface area is 124 Å². The van der Waals surface area contributed by atoms with Crippen LogP contribution in [0.1, 0.15) is 16.4 Å². The van der Waals surface area contributed by atoms with Crippen molar-refractivity contribution in [3.05, 3.63) is 65.7 Å². The van der Waals surface area contributed by atoms with E-state index in [1.165, 1.54) is 6.07 Å². The van der Waals surface area contributed by atoms with Crippen LogP contribution < -0.4 is 0 Å². The molecule has 1 unspecified atom stereocenters. The van der Waals surface area contributed by atoms with Gasteiger partial charge in [0, 0.05) is 0 Å². The van der Waals surface area contributed by atoms with Crippen LogP contribution in [0, 0.1) is 0 Å². The summed E-state index contributed by atoms with van der Waals surface area (Å²) in [5.74, 6) is -0.510. The molecule has 0 aromatic heterocycles. The van der Waals surface area contributed by atoms with Gasteiger partial charge in [-0.15, -0.1) is 0 Å². The Morgan fingerprint density at radius 3 is 2.29 bits per heavy atom. The van der Waals surface area contributed by atoms with E-state index in [4.69, 9.17) is 0 Å². The minimum Gasteiger partial charge on any atom is -0.228 e. The SMILES string of the molecule is O=S1(=O)CC(S(=O)(=O)Cc2ccccc2)c2ccccc21. The molecule has 0 radical (unpaired) electrons. The Hall–Kier alpha value is -1.66. The van der Waals surface area contributed by atoms with Crippen molar-refractivity contribution in [3.8, 4) is 0 Å². The van der Waals surface area contributed by atoms with Crippen molar-refractivity contribution < 1.29 is 16.8 Å². The summed E-state index contributed by atoms with van der Waals surface area (Å²) in [4.78, 5) is 0.145. The van der Waals surface area contributed by atoms with Gasteiger partial charge in [-0.05, 0) is 17.2 Å². The Kier molecular flexibility index (Phi) is 3.37. The molecule has 1 aliphatic heterocycles. The predicted octanol–water partition coefficient (Wildman–Crippen LogP) is 2.13. The third-order valence-electron chi connectivity index (χ3n) is 3.62. The molecule has 110 valence electrons. The molecule has 1 aliphatic rings. The van der Waals surface area contributed by atoms with E-state index >= 15 is 0 Å². The second-order valence-corrected chi connectivity index (χ2v) is 9.29. The summed E-state index contributed by atoms with van der Waals surface area (Å²) >= 11 is 0. The van der Waals surface area contributed by atoms with E-state index in [1.807, 2.05) is 6.07 Å². The second kappa shape index (κ2) is 4.96. The molecule has 21 heavy (non-hydrogen) atoms. The molecule has 1 atom stereocenters. The minimum absolute atomic E-state index is 0.145. The van der Waals surface area contributed by atoms with Gasteiger partial charge in [-0.2, -0.15) is 0 Å². The molecular formula is C15H14O4S2. The van der Waals surface area contributed by atoms with Crippen molar-refractivity contribution in [2.45, 2.75) is 15.9 Å². The fraction of sp³-hybridized carbons (Fsp3) is 0.200. The lowest BCUT2D eigenvalue weighted by molar-refractivity contribution is 0.581. The number of hydrogen-bond donors (Lipinski definition) is 0. The maximum absolute atomic E-state index is 12.6. The Bertz CT molecular complexity index is 869. The second-order valence-electron chi connectivity index (χ2n) is 5.10. The van der Waals surface area contributed by atoms with Gasteiger partial charge in [-0.25, -0.2) is 16.8 Å².